The minimum absolute atomic E-state index is 0.198. The maximum atomic E-state index is 5.80. The maximum Gasteiger partial charge on any atom is 0.191 e. The normalized spacial score (nSPS) is 17.5. The van der Waals surface area contributed by atoms with E-state index in [1.165, 1.54) is 5.56 Å². The van der Waals surface area contributed by atoms with Crippen LogP contribution in [0.3, 0.4) is 0 Å². The Kier molecular flexibility index (Phi) is 5.77. The standard InChI is InChI=1S/C20H25N3O2/c1-3-11-21-20(22-12-10-16-7-6-13-24-16)23-15(2)18-14-25-19-9-5-4-8-17(18)19/h3-9,13,15,18H,1,10-12,14H2,2H3,(H2,21,22,23). The van der Waals surface area contributed by atoms with Crippen molar-refractivity contribution in [1.82, 2.24) is 10.6 Å². The maximum absolute atomic E-state index is 5.80. The Bertz CT molecular complexity index is 709. The molecule has 5 heteroatoms. The molecule has 25 heavy (non-hydrogen) atoms. The van der Waals surface area contributed by atoms with Crippen molar-refractivity contribution < 1.29 is 9.15 Å². The fraction of sp³-hybridized carbons (Fsp3) is 0.350. The summed E-state index contributed by atoms with van der Waals surface area (Å²) >= 11 is 0. The molecule has 1 aliphatic heterocycles. The molecule has 2 unspecified atom stereocenters. The lowest BCUT2D eigenvalue weighted by Crippen LogP contribution is -2.45. The van der Waals surface area contributed by atoms with Gasteiger partial charge in [-0.25, -0.2) is 0 Å². The molecular formula is C20H25N3O2. The number of aliphatic imine (C=N–C) groups is 1. The monoisotopic (exact) mass is 339 g/mol. The summed E-state index contributed by atoms with van der Waals surface area (Å²) in [6.07, 6.45) is 4.29. The molecule has 2 aromatic rings. The second-order valence-corrected chi connectivity index (χ2v) is 6.12. The third-order valence-corrected chi connectivity index (χ3v) is 4.33. The van der Waals surface area contributed by atoms with Gasteiger partial charge in [-0.2, -0.15) is 0 Å². The number of furan rings is 1. The zero-order chi connectivity index (χ0) is 17.5. The van der Waals surface area contributed by atoms with Gasteiger partial charge in [-0.15, -0.1) is 6.58 Å². The first-order chi connectivity index (χ1) is 12.3. The molecule has 0 aliphatic carbocycles. The average molecular weight is 339 g/mol. The summed E-state index contributed by atoms with van der Waals surface area (Å²) in [6, 6.07) is 12.3. The van der Waals surface area contributed by atoms with Crippen LogP contribution in [0, 0.1) is 0 Å². The van der Waals surface area contributed by atoms with Crippen molar-refractivity contribution in [3.05, 3.63) is 66.6 Å². The van der Waals surface area contributed by atoms with Crippen LogP contribution in [0.5, 0.6) is 5.75 Å². The molecule has 2 atom stereocenters. The van der Waals surface area contributed by atoms with Crippen LogP contribution in [0.15, 0.2) is 64.7 Å². The highest BCUT2D eigenvalue weighted by Crippen LogP contribution is 2.35. The molecule has 2 heterocycles. The number of fused-ring (bicyclic) bond motifs is 1. The predicted octanol–water partition coefficient (Wildman–Crippen LogP) is 3.11. The van der Waals surface area contributed by atoms with Gasteiger partial charge in [0.15, 0.2) is 5.96 Å². The van der Waals surface area contributed by atoms with Gasteiger partial charge in [-0.1, -0.05) is 24.3 Å². The van der Waals surface area contributed by atoms with E-state index < -0.39 is 0 Å². The molecule has 0 radical (unpaired) electrons. The van der Waals surface area contributed by atoms with Crippen LogP contribution in [0.4, 0.5) is 0 Å². The molecule has 0 bridgehead atoms. The van der Waals surface area contributed by atoms with Crippen molar-refractivity contribution in [3.63, 3.8) is 0 Å². The van der Waals surface area contributed by atoms with Gasteiger partial charge >= 0.3 is 0 Å². The highest BCUT2D eigenvalue weighted by atomic mass is 16.5. The second-order valence-electron chi connectivity index (χ2n) is 6.12. The highest BCUT2D eigenvalue weighted by molar-refractivity contribution is 5.80. The molecule has 3 rings (SSSR count). The number of benzene rings is 1. The van der Waals surface area contributed by atoms with Crippen LogP contribution in [-0.2, 0) is 6.42 Å². The molecule has 2 N–H and O–H groups in total. The van der Waals surface area contributed by atoms with E-state index in [2.05, 4.69) is 41.3 Å². The first-order valence-corrected chi connectivity index (χ1v) is 8.68. The molecule has 0 saturated heterocycles. The quantitative estimate of drug-likeness (QED) is 0.462. The largest absolute Gasteiger partial charge is 0.493 e. The van der Waals surface area contributed by atoms with E-state index in [4.69, 9.17) is 9.15 Å². The van der Waals surface area contributed by atoms with Crippen molar-refractivity contribution in [2.45, 2.75) is 25.3 Å². The Morgan fingerprint density at radius 3 is 3.04 bits per heavy atom. The molecule has 5 nitrogen and oxygen atoms in total. The van der Waals surface area contributed by atoms with Crippen molar-refractivity contribution in [1.29, 1.82) is 0 Å². The van der Waals surface area contributed by atoms with E-state index >= 15 is 0 Å². The van der Waals surface area contributed by atoms with E-state index in [9.17, 15) is 0 Å². The summed E-state index contributed by atoms with van der Waals surface area (Å²) in [5.74, 6) is 3.01. The number of nitrogens with one attached hydrogen (secondary N) is 2. The third kappa shape index (κ3) is 4.44. The molecule has 0 saturated carbocycles. The molecule has 1 aromatic carbocycles. The first kappa shape index (κ1) is 17.1. The zero-order valence-corrected chi connectivity index (χ0v) is 14.6. The van der Waals surface area contributed by atoms with E-state index in [1.54, 1.807) is 6.26 Å². The number of hydrogen-bond donors (Lipinski definition) is 2. The lowest BCUT2D eigenvalue weighted by molar-refractivity contribution is 0.312. The zero-order valence-electron chi connectivity index (χ0n) is 14.6. The molecule has 132 valence electrons. The molecule has 0 fully saturated rings. The van der Waals surface area contributed by atoms with Crippen molar-refractivity contribution in [2.75, 3.05) is 19.7 Å². The number of rotatable bonds is 7. The van der Waals surface area contributed by atoms with Gasteiger partial charge in [0.2, 0.25) is 0 Å². The first-order valence-electron chi connectivity index (χ1n) is 8.68. The Balaban J connectivity index is 1.62. The van der Waals surface area contributed by atoms with Crippen LogP contribution < -0.4 is 15.4 Å². The van der Waals surface area contributed by atoms with Gasteiger partial charge in [-0.05, 0) is 25.1 Å². The van der Waals surface area contributed by atoms with E-state index in [1.807, 2.05) is 30.3 Å². The lowest BCUT2D eigenvalue weighted by atomic mass is 9.94. The van der Waals surface area contributed by atoms with E-state index in [-0.39, 0.29) is 6.04 Å². The van der Waals surface area contributed by atoms with Gasteiger partial charge in [-0.3, -0.25) is 4.99 Å². The summed E-state index contributed by atoms with van der Waals surface area (Å²) in [4.78, 5) is 4.65. The number of hydrogen-bond acceptors (Lipinski definition) is 3. The minimum Gasteiger partial charge on any atom is -0.493 e. The van der Waals surface area contributed by atoms with Gasteiger partial charge in [0.1, 0.15) is 11.5 Å². The summed E-state index contributed by atoms with van der Waals surface area (Å²) in [6.45, 7) is 7.93. The minimum atomic E-state index is 0.198. The van der Waals surface area contributed by atoms with Crippen LogP contribution in [0.1, 0.15) is 24.2 Å². The Morgan fingerprint density at radius 2 is 2.24 bits per heavy atom. The summed E-state index contributed by atoms with van der Waals surface area (Å²) < 4.78 is 11.2. The van der Waals surface area contributed by atoms with Gasteiger partial charge in [0.25, 0.3) is 0 Å². The van der Waals surface area contributed by atoms with E-state index in [0.29, 0.717) is 25.6 Å². The number of para-hydroxylation sites is 1. The molecule has 1 aliphatic rings. The van der Waals surface area contributed by atoms with E-state index in [0.717, 1.165) is 23.9 Å². The Labute approximate surface area is 148 Å². The fourth-order valence-corrected chi connectivity index (χ4v) is 2.97. The van der Waals surface area contributed by atoms with Crippen molar-refractivity contribution in [2.24, 2.45) is 4.99 Å². The molecule has 1 aromatic heterocycles. The summed E-state index contributed by atoms with van der Waals surface area (Å²) in [5, 5.41) is 6.77. The smallest absolute Gasteiger partial charge is 0.191 e. The Morgan fingerprint density at radius 1 is 1.36 bits per heavy atom. The highest BCUT2D eigenvalue weighted by Gasteiger charge is 2.29. The third-order valence-electron chi connectivity index (χ3n) is 4.33. The lowest BCUT2D eigenvalue weighted by Gasteiger charge is -2.22. The summed E-state index contributed by atoms with van der Waals surface area (Å²) in [7, 11) is 0. The van der Waals surface area contributed by atoms with Crippen LogP contribution in [-0.4, -0.2) is 31.7 Å². The van der Waals surface area contributed by atoms with Crippen molar-refractivity contribution >= 4 is 5.96 Å². The molecular weight excluding hydrogens is 314 g/mol. The second kappa shape index (κ2) is 8.42. The number of nitrogens with zero attached hydrogens (tertiary/aromatic N) is 1. The topological polar surface area (TPSA) is 58.8 Å². The predicted molar refractivity (Wildman–Crippen MR) is 100 cm³/mol. The molecule has 0 spiro atoms. The number of guanidine groups is 1. The SMILES string of the molecule is C=CCNC(=NCCc1ccco1)NC(C)C1COc2ccccc21. The van der Waals surface area contributed by atoms with Crippen LogP contribution in [0.2, 0.25) is 0 Å². The fourth-order valence-electron chi connectivity index (χ4n) is 2.97. The Hall–Kier alpha value is -2.69. The van der Waals surface area contributed by atoms with Gasteiger partial charge in [0.05, 0.1) is 12.9 Å². The average Bonchev–Trinajstić information content (AvgIpc) is 3.28. The summed E-state index contributed by atoms with van der Waals surface area (Å²) in [5.41, 5.74) is 1.25. The molecule has 0 amide bonds. The van der Waals surface area contributed by atoms with Crippen molar-refractivity contribution in [3.8, 4) is 5.75 Å². The number of ether oxygens (including phenoxy) is 1. The van der Waals surface area contributed by atoms with Crippen LogP contribution >= 0.6 is 0 Å². The van der Waals surface area contributed by atoms with Gasteiger partial charge in [0, 0.05) is 37.0 Å². The van der Waals surface area contributed by atoms with Crippen LogP contribution in [0.25, 0.3) is 0 Å². The van der Waals surface area contributed by atoms with Gasteiger partial charge < -0.3 is 19.8 Å².